The van der Waals surface area contributed by atoms with Crippen molar-refractivity contribution < 1.29 is 0 Å². The van der Waals surface area contributed by atoms with Crippen LogP contribution in [0.1, 0.15) is 5.56 Å². The van der Waals surface area contributed by atoms with Crippen molar-refractivity contribution >= 4 is 33.3 Å². The highest BCUT2D eigenvalue weighted by Gasteiger charge is 1.96. The first kappa shape index (κ1) is 9.78. The molecule has 0 spiro atoms. The van der Waals surface area contributed by atoms with Crippen molar-refractivity contribution in [2.45, 2.75) is 0 Å². The lowest BCUT2D eigenvalue weighted by atomic mass is 10.1. The Hall–Kier alpha value is -0.310. The van der Waals surface area contributed by atoms with Crippen LogP contribution in [0.15, 0.2) is 35.3 Å². The first-order valence-electron chi connectivity index (χ1n) is 3.51. The number of nitrogens with one attached hydrogen (secondary N) is 1. The lowest BCUT2D eigenvalue weighted by molar-refractivity contribution is 1.13. The van der Waals surface area contributed by atoms with Crippen LogP contribution in [0.2, 0.25) is 0 Å². The van der Waals surface area contributed by atoms with E-state index in [0.717, 1.165) is 15.6 Å². The van der Waals surface area contributed by atoms with Crippen molar-refractivity contribution in [2.24, 2.45) is 0 Å². The van der Waals surface area contributed by atoms with E-state index in [1.54, 1.807) is 0 Å². The Labute approximate surface area is 85.7 Å². The fourth-order valence-electron chi connectivity index (χ4n) is 0.868. The van der Waals surface area contributed by atoms with Crippen molar-refractivity contribution in [2.75, 3.05) is 6.54 Å². The zero-order valence-electron chi connectivity index (χ0n) is 6.48. The zero-order valence-corrected chi connectivity index (χ0v) is 8.82. The summed E-state index contributed by atoms with van der Waals surface area (Å²) in [6.07, 6.45) is 0. The molecule has 0 heterocycles. The molecule has 1 aromatic carbocycles. The van der Waals surface area contributed by atoms with Gasteiger partial charge < -0.3 is 0 Å². The Kier molecular flexibility index (Phi) is 3.79. The van der Waals surface area contributed by atoms with Crippen molar-refractivity contribution in [1.82, 2.24) is 4.84 Å². The summed E-state index contributed by atoms with van der Waals surface area (Å²) in [5, 5.41) is 0. The SMILES string of the molecule is C=C(CNCl)c1ccc(Br)cc1. The van der Waals surface area contributed by atoms with Crippen molar-refractivity contribution in [1.29, 1.82) is 0 Å². The molecule has 1 nitrogen and oxygen atoms in total. The third kappa shape index (κ3) is 2.63. The maximum absolute atomic E-state index is 5.36. The van der Waals surface area contributed by atoms with Crippen LogP contribution in [0, 0.1) is 0 Å². The van der Waals surface area contributed by atoms with Crippen LogP contribution in [-0.4, -0.2) is 6.54 Å². The predicted octanol–water partition coefficient (Wildman–Crippen LogP) is 3.21. The van der Waals surface area contributed by atoms with Crippen LogP contribution in [0.4, 0.5) is 0 Å². The van der Waals surface area contributed by atoms with E-state index in [9.17, 15) is 0 Å². The molecule has 0 aromatic heterocycles. The predicted molar refractivity (Wildman–Crippen MR) is 57.0 cm³/mol. The highest BCUT2D eigenvalue weighted by atomic mass is 79.9. The monoisotopic (exact) mass is 245 g/mol. The molecule has 0 aliphatic rings. The van der Waals surface area contributed by atoms with Gasteiger partial charge in [-0.15, -0.1) is 0 Å². The Bertz CT molecular complexity index is 268. The van der Waals surface area contributed by atoms with E-state index >= 15 is 0 Å². The topological polar surface area (TPSA) is 12.0 Å². The average molecular weight is 247 g/mol. The summed E-state index contributed by atoms with van der Waals surface area (Å²) in [7, 11) is 0. The van der Waals surface area contributed by atoms with E-state index in [2.05, 4.69) is 27.3 Å². The molecule has 1 N–H and O–H groups in total. The fourth-order valence-corrected chi connectivity index (χ4v) is 1.29. The van der Waals surface area contributed by atoms with Gasteiger partial charge in [0.1, 0.15) is 0 Å². The summed E-state index contributed by atoms with van der Waals surface area (Å²) in [6, 6.07) is 7.96. The minimum Gasteiger partial charge on any atom is -0.229 e. The van der Waals surface area contributed by atoms with Crippen molar-refractivity contribution in [3.05, 3.63) is 40.9 Å². The molecule has 0 amide bonds. The molecule has 12 heavy (non-hydrogen) atoms. The van der Waals surface area contributed by atoms with E-state index in [1.165, 1.54) is 0 Å². The fraction of sp³-hybridized carbons (Fsp3) is 0.111. The van der Waals surface area contributed by atoms with Gasteiger partial charge in [-0.05, 0) is 35.0 Å². The second-order valence-electron chi connectivity index (χ2n) is 2.42. The van der Waals surface area contributed by atoms with E-state index in [-0.39, 0.29) is 0 Å². The van der Waals surface area contributed by atoms with Gasteiger partial charge in [0.15, 0.2) is 0 Å². The number of hydrogen-bond acceptors (Lipinski definition) is 1. The van der Waals surface area contributed by atoms with Crippen LogP contribution < -0.4 is 4.84 Å². The second-order valence-corrected chi connectivity index (χ2v) is 3.60. The third-order valence-corrected chi connectivity index (χ3v) is 2.19. The number of halogens is 2. The van der Waals surface area contributed by atoms with Crippen LogP contribution >= 0.6 is 27.7 Å². The molecule has 0 aliphatic heterocycles. The average Bonchev–Trinajstić information content (AvgIpc) is 2.06. The van der Waals surface area contributed by atoms with E-state index in [0.29, 0.717) is 6.54 Å². The Morgan fingerprint density at radius 3 is 2.50 bits per heavy atom. The van der Waals surface area contributed by atoms with E-state index in [1.807, 2.05) is 24.3 Å². The molecule has 0 bridgehead atoms. The highest BCUT2D eigenvalue weighted by Crippen LogP contribution is 2.15. The van der Waals surface area contributed by atoms with Crippen molar-refractivity contribution in [3.8, 4) is 0 Å². The lowest BCUT2D eigenvalue weighted by Gasteiger charge is -2.03. The standard InChI is InChI=1S/C9H9BrClN/c1-7(6-12-11)8-2-4-9(10)5-3-8/h2-5,12H,1,6H2. The van der Waals surface area contributed by atoms with E-state index in [4.69, 9.17) is 11.8 Å². The van der Waals surface area contributed by atoms with Crippen LogP contribution in [0.25, 0.3) is 5.57 Å². The molecule has 0 aliphatic carbocycles. The highest BCUT2D eigenvalue weighted by molar-refractivity contribution is 9.10. The molecule has 0 radical (unpaired) electrons. The number of benzene rings is 1. The molecular weight excluding hydrogens is 237 g/mol. The Morgan fingerprint density at radius 2 is 2.00 bits per heavy atom. The summed E-state index contributed by atoms with van der Waals surface area (Å²) in [5.74, 6) is 0. The summed E-state index contributed by atoms with van der Waals surface area (Å²) in [5.41, 5.74) is 2.09. The number of hydrogen-bond donors (Lipinski definition) is 1. The molecule has 1 rings (SSSR count). The summed E-state index contributed by atoms with van der Waals surface area (Å²) in [4.78, 5) is 2.54. The quantitative estimate of drug-likeness (QED) is 0.808. The van der Waals surface area contributed by atoms with Crippen LogP contribution in [0.3, 0.4) is 0 Å². The lowest BCUT2D eigenvalue weighted by Crippen LogP contribution is -2.02. The minimum atomic E-state index is 0.600. The summed E-state index contributed by atoms with van der Waals surface area (Å²) >= 11 is 8.72. The van der Waals surface area contributed by atoms with Crippen LogP contribution in [-0.2, 0) is 0 Å². The normalized spacial score (nSPS) is 9.83. The van der Waals surface area contributed by atoms with Gasteiger partial charge >= 0.3 is 0 Å². The van der Waals surface area contributed by atoms with Gasteiger partial charge in [-0.1, -0.05) is 34.6 Å². The first-order valence-corrected chi connectivity index (χ1v) is 4.68. The molecule has 64 valence electrons. The van der Waals surface area contributed by atoms with Gasteiger partial charge in [0.2, 0.25) is 0 Å². The van der Waals surface area contributed by atoms with Gasteiger partial charge in [0.05, 0.1) is 0 Å². The van der Waals surface area contributed by atoms with Gasteiger partial charge in [-0.2, -0.15) is 0 Å². The van der Waals surface area contributed by atoms with Gasteiger partial charge in [0, 0.05) is 11.0 Å². The molecule has 0 fully saturated rings. The second kappa shape index (κ2) is 4.65. The van der Waals surface area contributed by atoms with Crippen molar-refractivity contribution in [3.63, 3.8) is 0 Å². The molecule has 0 unspecified atom stereocenters. The molecule has 1 aromatic rings. The number of rotatable bonds is 3. The molecule has 0 atom stereocenters. The Balaban J connectivity index is 2.75. The smallest absolute Gasteiger partial charge is 0.0359 e. The van der Waals surface area contributed by atoms with Gasteiger partial charge in [-0.25, -0.2) is 4.84 Å². The molecule has 0 saturated carbocycles. The van der Waals surface area contributed by atoms with Gasteiger partial charge in [0.25, 0.3) is 0 Å². The van der Waals surface area contributed by atoms with Crippen LogP contribution in [0.5, 0.6) is 0 Å². The largest absolute Gasteiger partial charge is 0.229 e. The summed E-state index contributed by atoms with van der Waals surface area (Å²) < 4.78 is 1.07. The maximum Gasteiger partial charge on any atom is 0.0359 e. The Morgan fingerprint density at radius 1 is 1.42 bits per heavy atom. The maximum atomic E-state index is 5.36. The minimum absolute atomic E-state index is 0.600. The van der Waals surface area contributed by atoms with Gasteiger partial charge in [-0.3, -0.25) is 0 Å². The molecular formula is C9H9BrClN. The van der Waals surface area contributed by atoms with E-state index < -0.39 is 0 Å². The molecule has 3 heteroatoms. The third-order valence-electron chi connectivity index (χ3n) is 1.53. The molecule has 0 saturated heterocycles. The first-order chi connectivity index (χ1) is 5.74. The zero-order chi connectivity index (χ0) is 8.97. The summed E-state index contributed by atoms with van der Waals surface area (Å²) in [6.45, 7) is 4.48.